The van der Waals surface area contributed by atoms with Crippen LogP contribution in [0.5, 0.6) is 0 Å². The quantitative estimate of drug-likeness (QED) is 0.304. The van der Waals surface area contributed by atoms with Crippen molar-refractivity contribution in [1.82, 2.24) is 19.5 Å². The number of aromatic amines is 1. The average molecular weight is 460 g/mol. The number of benzene rings is 3. The number of nitrogen functional groups attached to an aromatic ring is 1. The number of nitrogens with one attached hydrogen (secondary N) is 1. The van der Waals surface area contributed by atoms with E-state index < -0.39 is 5.82 Å². The minimum atomic E-state index is -0.432. The molecule has 0 aliphatic carbocycles. The summed E-state index contributed by atoms with van der Waals surface area (Å²) in [5, 5.41) is 0.297. The molecule has 0 unspecified atom stereocenters. The fourth-order valence-corrected chi connectivity index (χ4v) is 4.34. The van der Waals surface area contributed by atoms with Gasteiger partial charge >= 0.3 is 0 Å². The predicted octanol–water partition coefficient (Wildman–Crippen LogP) is 6.79. The molecular weight excluding hydrogens is 437 g/mol. The Labute approximate surface area is 196 Å². The molecule has 33 heavy (non-hydrogen) atoms. The fourth-order valence-electron chi connectivity index (χ4n) is 4.09. The van der Waals surface area contributed by atoms with Crippen LogP contribution in [0.25, 0.3) is 44.9 Å². The maximum atomic E-state index is 14.7. The Balaban J connectivity index is 1.70. The first-order valence-corrected chi connectivity index (χ1v) is 11.2. The SMILES string of the molecule is CC(C)Cn1c(N)nc2cc(-c3nc(-c4c(F)cccc4Cl)[nH]c3-c3ccccc3)ccc21. The van der Waals surface area contributed by atoms with Gasteiger partial charge in [-0.15, -0.1) is 0 Å². The van der Waals surface area contributed by atoms with Crippen LogP contribution in [0, 0.1) is 11.7 Å². The van der Waals surface area contributed by atoms with Gasteiger partial charge < -0.3 is 15.3 Å². The van der Waals surface area contributed by atoms with Crippen molar-refractivity contribution in [3.8, 4) is 33.9 Å². The zero-order valence-corrected chi connectivity index (χ0v) is 19.1. The van der Waals surface area contributed by atoms with Gasteiger partial charge in [-0.3, -0.25) is 0 Å². The third-order valence-corrected chi connectivity index (χ3v) is 5.88. The van der Waals surface area contributed by atoms with Crippen molar-refractivity contribution in [2.75, 3.05) is 5.73 Å². The van der Waals surface area contributed by atoms with E-state index in [9.17, 15) is 4.39 Å². The zero-order chi connectivity index (χ0) is 23.1. The van der Waals surface area contributed by atoms with Crippen LogP contribution in [0.3, 0.4) is 0 Å². The maximum absolute atomic E-state index is 14.7. The van der Waals surface area contributed by atoms with Gasteiger partial charge in [0.25, 0.3) is 0 Å². The lowest BCUT2D eigenvalue weighted by Gasteiger charge is -2.09. The predicted molar refractivity (Wildman–Crippen MR) is 132 cm³/mol. The van der Waals surface area contributed by atoms with E-state index in [4.69, 9.17) is 22.3 Å². The van der Waals surface area contributed by atoms with Crippen LogP contribution in [0.1, 0.15) is 13.8 Å². The Morgan fingerprint density at radius 3 is 2.52 bits per heavy atom. The smallest absolute Gasteiger partial charge is 0.201 e. The molecule has 3 N–H and O–H groups in total. The molecule has 0 fully saturated rings. The van der Waals surface area contributed by atoms with Gasteiger partial charge in [-0.05, 0) is 30.2 Å². The van der Waals surface area contributed by atoms with Crippen LogP contribution in [0.2, 0.25) is 5.02 Å². The molecule has 0 radical (unpaired) electrons. The molecule has 0 saturated carbocycles. The second-order valence-corrected chi connectivity index (χ2v) is 8.86. The second-order valence-electron chi connectivity index (χ2n) is 8.45. The van der Waals surface area contributed by atoms with E-state index in [1.165, 1.54) is 6.07 Å². The van der Waals surface area contributed by atoms with Crippen molar-refractivity contribution in [1.29, 1.82) is 0 Å². The topological polar surface area (TPSA) is 72.5 Å². The van der Waals surface area contributed by atoms with Crippen molar-refractivity contribution >= 4 is 28.6 Å². The standard InChI is InChI=1S/C26H23ClFN5/c1-15(2)14-33-21-12-11-17(13-20(21)30-26(33)29)24-23(16-7-4-3-5-8-16)31-25(32-24)22-18(27)9-6-10-19(22)28/h3-13,15H,14H2,1-2H3,(H2,29,30)(H,31,32). The Bertz CT molecular complexity index is 1430. The monoisotopic (exact) mass is 459 g/mol. The molecule has 0 amide bonds. The highest BCUT2D eigenvalue weighted by Crippen LogP contribution is 2.37. The summed E-state index contributed by atoms with van der Waals surface area (Å²) in [5.41, 5.74) is 11.5. The number of halogens is 2. The lowest BCUT2D eigenvalue weighted by Crippen LogP contribution is -2.07. The summed E-state index contributed by atoms with van der Waals surface area (Å²) in [6, 6.07) is 20.4. The van der Waals surface area contributed by atoms with Gasteiger partial charge in [0.1, 0.15) is 11.6 Å². The molecule has 0 aliphatic heterocycles. The molecule has 7 heteroatoms. The summed E-state index contributed by atoms with van der Waals surface area (Å²) in [5.74, 6) is 0.864. The summed E-state index contributed by atoms with van der Waals surface area (Å²) in [7, 11) is 0. The second kappa shape index (κ2) is 8.37. The van der Waals surface area contributed by atoms with E-state index >= 15 is 0 Å². The highest BCUT2D eigenvalue weighted by molar-refractivity contribution is 6.33. The van der Waals surface area contributed by atoms with E-state index in [2.05, 4.69) is 23.8 Å². The molecule has 5 rings (SSSR count). The van der Waals surface area contributed by atoms with E-state index in [-0.39, 0.29) is 5.56 Å². The highest BCUT2D eigenvalue weighted by Gasteiger charge is 2.20. The molecule has 0 spiro atoms. The van der Waals surface area contributed by atoms with Crippen molar-refractivity contribution in [3.63, 3.8) is 0 Å². The first-order chi connectivity index (χ1) is 15.9. The highest BCUT2D eigenvalue weighted by atomic mass is 35.5. The minimum absolute atomic E-state index is 0.245. The van der Waals surface area contributed by atoms with E-state index in [1.54, 1.807) is 12.1 Å². The molecule has 5 aromatic rings. The van der Waals surface area contributed by atoms with Crippen molar-refractivity contribution in [3.05, 3.63) is 77.6 Å². The lowest BCUT2D eigenvalue weighted by molar-refractivity contribution is 0.538. The number of imidazole rings is 2. The van der Waals surface area contributed by atoms with Gasteiger partial charge in [-0.25, -0.2) is 14.4 Å². The summed E-state index contributed by atoms with van der Waals surface area (Å²) < 4.78 is 16.7. The largest absolute Gasteiger partial charge is 0.369 e. The molecule has 2 aromatic heterocycles. The van der Waals surface area contributed by atoms with Crippen molar-refractivity contribution in [2.45, 2.75) is 20.4 Å². The summed E-state index contributed by atoms with van der Waals surface area (Å²) in [4.78, 5) is 12.7. The van der Waals surface area contributed by atoms with Crippen molar-refractivity contribution in [2.24, 2.45) is 5.92 Å². The number of nitrogens with zero attached hydrogens (tertiary/aromatic N) is 3. The third kappa shape index (κ3) is 3.87. The summed E-state index contributed by atoms with van der Waals surface area (Å²) in [6.45, 7) is 5.07. The first-order valence-electron chi connectivity index (χ1n) is 10.8. The Morgan fingerprint density at radius 1 is 1.00 bits per heavy atom. The van der Waals surface area contributed by atoms with Crippen LogP contribution >= 0.6 is 11.6 Å². The summed E-state index contributed by atoms with van der Waals surface area (Å²) in [6.07, 6.45) is 0. The van der Waals surface area contributed by atoms with Crippen LogP contribution in [-0.4, -0.2) is 19.5 Å². The number of fused-ring (bicyclic) bond motifs is 1. The van der Waals surface area contributed by atoms with Gasteiger partial charge in [0, 0.05) is 17.7 Å². The van der Waals surface area contributed by atoms with E-state index in [1.807, 2.05) is 53.1 Å². The van der Waals surface area contributed by atoms with E-state index in [0.29, 0.717) is 28.4 Å². The van der Waals surface area contributed by atoms with Gasteiger partial charge in [0.2, 0.25) is 5.95 Å². The fraction of sp³-hybridized carbons (Fsp3) is 0.154. The molecular formula is C26H23ClFN5. The summed E-state index contributed by atoms with van der Waals surface area (Å²) >= 11 is 6.33. The molecule has 0 aliphatic rings. The molecule has 0 bridgehead atoms. The van der Waals surface area contributed by atoms with Crippen LogP contribution in [-0.2, 0) is 6.54 Å². The van der Waals surface area contributed by atoms with Crippen molar-refractivity contribution < 1.29 is 4.39 Å². The maximum Gasteiger partial charge on any atom is 0.201 e. The number of anilines is 1. The molecule has 0 saturated heterocycles. The van der Waals surface area contributed by atoms with Gasteiger partial charge in [-0.2, -0.15) is 0 Å². The van der Waals surface area contributed by atoms with Gasteiger partial charge in [0.15, 0.2) is 0 Å². The Hall–Kier alpha value is -3.64. The first kappa shape index (κ1) is 21.2. The normalized spacial score (nSPS) is 11.5. The van der Waals surface area contributed by atoms with Crippen LogP contribution in [0.15, 0.2) is 66.7 Å². The number of hydrogen-bond donors (Lipinski definition) is 2. The number of aromatic nitrogens is 4. The molecule has 166 valence electrons. The number of nitrogens with two attached hydrogens (primary N) is 1. The minimum Gasteiger partial charge on any atom is -0.369 e. The van der Waals surface area contributed by atoms with Gasteiger partial charge in [0.05, 0.1) is 33.0 Å². The van der Waals surface area contributed by atoms with Crippen LogP contribution < -0.4 is 5.73 Å². The van der Waals surface area contributed by atoms with E-state index in [0.717, 1.165) is 34.4 Å². The Morgan fingerprint density at radius 2 is 1.79 bits per heavy atom. The number of hydrogen-bond acceptors (Lipinski definition) is 3. The van der Waals surface area contributed by atoms with Crippen LogP contribution in [0.4, 0.5) is 10.3 Å². The zero-order valence-electron chi connectivity index (χ0n) is 18.3. The molecule has 2 heterocycles. The average Bonchev–Trinajstić information content (AvgIpc) is 3.35. The number of rotatable bonds is 5. The Kier molecular flexibility index (Phi) is 5.38. The molecule has 5 nitrogen and oxygen atoms in total. The van der Waals surface area contributed by atoms with Gasteiger partial charge in [-0.1, -0.05) is 67.9 Å². The number of H-pyrrole nitrogens is 1. The third-order valence-electron chi connectivity index (χ3n) is 5.56. The molecule has 0 atom stereocenters. The lowest BCUT2D eigenvalue weighted by atomic mass is 10.0. The molecule has 3 aromatic carbocycles.